The van der Waals surface area contributed by atoms with Crippen LogP contribution < -0.4 is 10.6 Å². The van der Waals surface area contributed by atoms with Crippen LogP contribution in [-0.2, 0) is 13.0 Å². The minimum Gasteiger partial charge on any atom is -0.357 e. The van der Waals surface area contributed by atoms with E-state index in [0.717, 1.165) is 62.4 Å². The van der Waals surface area contributed by atoms with E-state index in [-0.39, 0.29) is 24.0 Å². The summed E-state index contributed by atoms with van der Waals surface area (Å²) in [6.45, 7) is 10.2. The molecule has 1 aliphatic rings. The summed E-state index contributed by atoms with van der Waals surface area (Å²) in [7, 11) is 0. The zero-order chi connectivity index (χ0) is 20.2. The van der Waals surface area contributed by atoms with Crippen LogP contribution in [0.1, 0.15) is 65.1 Å². The Bertz CT molecular complexity index is 641. The summed E-state index contributed by atoms with van der Waals surface area (Å²) in [4.78, 5) is 4.74. The van der Waals surface area contributed by atoms with Crippen LogP contribution in [0.5, 0.6) is 0 Å². The van der Waals surface area contributed by atoms with Crippen molar-refractivity contribution in [3.63, 3.8) is 0 Å². The first kappa shape index (κ1) is 26.3. The maximum atomic E-state index is 4.74. The quantitative estimate of drug-likeness (QED) is 0.108. The Morgan fingerprint density at radius 1 is 1.24 bits per heavy atom. The molecule has 0 saturated heterocycles. The smallest absolute Gasteiger partial charge is 0.191 e. The van der Waals surface area contributed by atoms with Crippen molar-refractivity contribution in [1.82, 2.24) is 25.4 Å². The van der Waals surface area contributed by atoms with Gasteiger partial charge in [0.05, 0.1) is 0 Å². The first-order chi connectivity index (χ1) is 13.6. The number of nitrogens with zero attached hydrogens (tertiary/aromatic N) is 4. The van der Waals surface area contributed by atoms with E-state index in [1.165, 1.54) is 25.7 Å². The highest BCUT2D eigenvalue weighted by Gasteiger charge is 2.12. The fourth-order valence-corrected chi connectivity index (χ4v) is 3.97. The molecule has 0 amide bonds. The van der Waals surface area contributed by atoms with E-state index >= 15 is 0 Å². The number of rotatable bonds is 11. The molecule has 29 heavy (non-hydrogen) atoms. The molecule has 2 rings (SSSR count). The third kappa shape index (κ3) is 9.72. The molecule has 1 heterocycles. The molecular weight excluding hydrogens is 495 g/mol. The number of thioether (sulfide) groups is 1. The lowest BCUT2D eigenvalue weighted by molar-refractivity contribution is 0.477. The summed E-state index contributed by atoms with van der Waals surface area (Å²) >= 11 is 1.67. The highest BCUT2D eigenvalue weighted by molar-refractivity contribution is 14.0. The second-order valence-corrected chi connectivity index (χ2v) is 8.53. The molecule has 0 unspecified atom stereocenters. The van der Waals surface area contributed by atoms with E-state index < -0.39 is 0 Å². The molecule has 1 aliphatic carbocycles. The lowest BCUT2D eigenvalue weighted by Gasteiger charge is -2.15. The Morgan fingerprint density at radius 2 is 2.07 bits per heavy atom. The SMILES string of the molecule is CCNC(=NCCCc1nnc(SC)n1CC(C)C)NCCC1=CCCCC1.I. The number of nitrogens with one attached hydrogen (secondary N) is 2. The lowest BCUT2D eigenvalue weighted by Crippen LogP contribution is -2.38. The first-order valence-electron chi connectivity index (χ1n) is 10.8. The standard InChI is InChI=1S/C21H38N6S.HI/c1-5-22-20(24-15-13-18-10-7-6-8-11-18)23-14-9-12-19-25-26-21(28-4)27(19)16-17(2)3;/h10,17H,5-9,11-16H2,1-4H3,(H2,22,23,24);1H. The van der Waals surface area contributed by atoms with Crippen molar-refractivity contribution < 1.29 is 0 Å². The maximum absolute atomic E-state index is 4.74. The second-order valence-electron chi connectivity index (χ2n) is 7.76. The highest BCUT2D eigenvalue weighted by atomic mass is 127. The van der Waals surface area contributed by atoms with Crippen molar-refractivity contribution in [2.75, 3.05) is 25.9 Å². The summed E-state index contributed by atoms with van der Waals surface area (Å²) < 4.78 is 2.26. The monoisotopic (exact) mass is 534 g/mol. The van der Waals surface area contributed by atoms with Crippen LogP contribution in [0.2, 0.25) is 0 Å². The maximum Gasteiger partial charge on any atom is 0.191 e. The number of hydrogen-bond acceptors (Lipinski definition) is 4. The topological polar surface area (TPSA) is 67.1 Å². The molecule has 0 saturated carbocycles. The van der Waals surface area contributed by atoms with E-state index in [9.17, 15) is 0 Å². The lowest BCUT2D eigenvalue weighted by atomic mass is 9.97. The van der Waals surface area contributed by atoms with Crippen molar-refractivity contribution in [3.05, 3.63) is 17.5 Å². The van der Waals surface area contributed by atoms with Crippen LogP contribution in [0.4, 0.5) is 0 Å². The number of halogens is 1. The predicted octanol–water partition coefficient (Wildman–Crippen LogP) is 4.65. The fourth-order valence-electron chi connectivity index (χ4n) is 3.45. The van der Waals surface area contributed by atoms with Gasteiger partial charge in [0.25, 0.3) is 0 Å². The molecule has 0 spiro atoms. The van der Waals surface area contributed by atoms with Crippen LogP contribution in [0.15, 0.2) is 21.8 Å². The van der Waals surface area contributed by atoms with E-state index in [1.54, 1.807) is 17.3 Å². The minimum atomic E-state index is 0. The van der Waals surface area contributed by atoms with Gasteiger partial charge in [-0.2, -0.15) is 0 Å². The average Bonchev–Trinajstić information content (AvgIpc) is 3.07. The Kier molecular flexibility index (Phi) is 13.7. The van der Waals surface area contributed by atoms with Crippen LogP contribution in [0.3, 0.4) is 0 Å². The second kappa shape index (κ2) is 15.1. The normalized spacial score (nSPS) is 14.5. The number of aliphatic imine (C=N–C) groups is 1. The van der Waals surface area contributed by atoms with E-state index in [4.69, 9.17) is 4.99 Å². The van der Waals surface area contributed by atoms with Gasteiger partial charge in [0.15, 0.2) is 11.1 Å². The number of hydrogen-bond donors (Lipinski definition) is 2. The number of aromatic nitrogens is 3. The molecule has 0 bridgehead atoms. The number of guanidine groups is 1. The van der Waals surface area contributed by atoms with Gasteiger partial charge in [-0.3, -0.25) is 4.99 Å². The van der Waals surface area contributed by atoms with Crippen LogP contribution >= 0.6 is 35.7 Å². The summed E-state index contributed by atoms with van der Waals surface area (Å²) in [5, 5.41) is 16.6. The van der Waals surface area contributed by atoms with E-state index in [2.05, 4.69) is 58.5 Å². The predicted molar refractivity (Wildman–Crippen MR) is 136 cm³/mol. The van der Waals surface area contributed by atoms with Crippen molar-refractivity contribution in [3.8, 4) is 0 Å². The van der Waals surface area contributed by atoms with Crippen molar-refractivity contribution >= 4 is 41.7 Å². The molecule has 0 radical (unpaired) electrons. The van der Waals surface area contributed by atoms with Crippen LogP contribution in [0.25, 0.3) is 0 Å². The molecule has 1 aromatic rings. The largest absolute Gasteiger partial charge is 0.357 e. The minimum absolute atomic E-state index is 0. The third-order valence-electron chi connectivity index (χ3n) is 4.82. The van der Waals surface area contributed by atoms with Gasteiger partial charge in [0, 0.05) is 32.6 Å². The van der Waals surface area contributed by atoms with Gasteiger partial charge in [0.2, 0.25) is 0 Å². The van der Waals surface area contributed by atoms with Gasteiger partial charge in [-0.05, 0) is 57.6 Å². The first-order valence-corrected chi connectivity index (χ1v) is 12.0. The van der Waals surface area contributed by atoms with Crippen molar-refractivity contribution in [2.45, 2.75) is 77.4 Å². The third-order valence-corrected chi connectivity index (χ3v) is 5.49. The van der Waals surface area contributed by atoms with Gasteiger partial charge in [0.1, 0.15) is 5.82 Å². The van der Waals surface area contributed by atoms with Gasteiger partial charge in [-0.15, -0.1) is 34.2 Å². The average molecular weight is 535 g/mol. The number of allylic oxidation sites excluding steroid dienone is 1. The molecule has 2 N–H and O–H groups in total. The summed E-state index contributed by atoms with van der Waals surface area (Å²) in [6, 6.07) is 0. The molecule has 6 nitrogen and oxygen atoms in total. The Morgan fingerprint density at radius 3 is 2.72 bits per heavy atom. The fraction of sp³-hybridized carbons (Fsp3) is 0.762. The molecule has 0 fully saturated rings. The Balaban J connectivity index is 0.00000420. The molecular formula is C21H39IN6S. The van der Waals surface area contributed by atoms with Crippen molar-refractivity contribution in [2.24, 2.45) is 10.9 Å². The highest BCUT2D eigenvalue weighted by Crippen LogP contribution is 2.19. The summed E-state index contributed by atoms with van der Waals surface area (Å²) in [5.74, 6) is 2.59. The molecule has 8 heteroatoms. The summed E-state index contributed by atoms with van der Waals surface area (Å²) in [5.41, 5.74) is 1.60. The van der Waals surface area contributed by atoms with Crippen LogP contribution in [-0.4, -0.2) is 46.6 Å². The Labute approximate surface area is 198 Å². The zero-order valence-electron chi connectivity index (χ0n) is 18.5. The van der Waals surface area contributed by atoms with E-state index in [1.807, 2.05) is 0 Å². The molecule has 0 atom stereocenters. The van der Waals surface area contributed by atoms with Crippen molar-refractivity contribution in [1.29, 1.82) is 0 Å². The van der Waals surface area contributed by atoms with E-state index in [0.29, 0.717) is 5.92 Å². The molecule has 0 aromatic carbocycles. The van der Waals surface area contributed by atoms with Gasteiger partial charge in [-0.25, -0.2) is 0 Å². The molecule has 0 aliphatic heterocycles. The van der Waals surface area contributed by atoms with Gasteiger partial charge in [-0.1, -0.05) is 37.3 Å². The van der Waals surface area contributed by atoms with Gasteiger partial charge < -0.3 is 15.2 Å². The molecule has 166 valence electrons. The number of aryl methyl sites for hydroxylation is 1. The summed E-state index contributed by atoms with van der Waals surface area (Å²) in [6.07, 6.45) is 12.7. The van der Waals surface area contributed by atoms with Gasteiger partial charge >= 0.3 is 0 Å². The Hall–Kier alpha value is -0.770. The molecule has 1 aromatic heterocycles. The zero-order valence-corrected chi connectivity index (χ0v) is 21.7. The van der Waals surface area contributed by atoms with Crippen LogP contribution in [0, 0.1) is 5.92 Å².